The van der Waals surface area contributed by atoms with Gasteiger partial charge in [-0.3, -0.25) is 5.43 Å². The SMILES string of the molecule is CCOc1nc(NN)nc(NC(C)CCO)n1. The number of nitrogens with zero attached hydrogens (tertiary/aromatic N) is 3. The Morgan fingerprint density at radius 2 is 2.06 bits per heavy atom. The van der Waals surface area contributed by atoms with Gasteiger partial charge in [0.05, 0.1) is 6.61 Å². The van der Waals surface area contributed by atoms with Crippen molar-refractivity contribution in [2.45, 2.75) is 26.3 Å². The third-order valence-corrected chi connectivity index (χ3v) is 1.96. The topological polar surface area (TPSA) is 118 Å². The van der Waals surface area contributed by atoms with Gasteiger partial charge in [0.2, 0.25) is 11.9 Å². The highest BCUT2D eigenvalue weighted by atomic mass is 16.5. The summed E-state index contributed by atoms with van der Waals surface area (Å²) >= 11 is 0. The summed E-state index contributed by atoms with van der Waals surface area (Å²) in [6.45, 7) is 4.30. The van der Waals surface area contributed by atoms with Gasteiger partial charge in [0.1, 0.15) is 0 Å². The zero-order chi connectivity index (χ0) is 12.7. The number of hydrazine groups is 1. The summed E-state index contributed by atoms with van der Waals surface area (Å²) in [6, 6.07) is 0.247. The lowest BCUT2D eigenvalue weighted by Crippen LogP contribution is -2.20. The molecule has 0 aliphatic rings. The van der Waals surface area contributed by atoms with E-state index < -0.39 is 0 Å². The molecule has 0 saturated heterocycles. The average molecular weight is 242 g/mol. The maximum absolute atomic E-state index is 8.80. The molecule has 8 heteroatoms. The average Bonchev–Trinajstić information content (AvgIpc) is 2.29. The normalized spacial score (nSPS) is 12.0. The second kappa shape index (κ2) is 6.81. The fourth-order valence-corrected chi connectivity index (χ4v) is 1.17. The van der Waals surface area contributed by atoms with Crippen LogP contribution in [-0.2, 0) is 0 Å². The molecule has 1 aromatic heterocycles. The molecule has 0 fully saturated rings. The maximum Gasteiger partial charge on any atom is 0.323 e. The van der Waals surface area contributed by atoms with Crippen molar-refractivity contribution in [2.75, 3.05) is 24.0 Å². The molecule has 8 nitrogen and oxygen atoms in total. The Morgan fingerprint density at radius 3 is 2.65 bits per heavy atom. The van der Waals surface area contributed by atoms with Crippen molar-refractivity contribution in [3.8, 4) is 6.01 Å². The zero-order valence-corrected chi connectivity index (χ0v) is 9.97. The van der Waals surface area contributed by atoms with E-state index in [0.29, 0.717) is 19.0 Å². The molecule has 5 N–H and O–H groups in total. The standard InChI is InChI=1S/C9H18N6O2/c1-3-17-9-13-7(11-6(2)4-5-16)12-8(14-9)15-10/h6,16H,3-5,10H2,1-2H3,(H2,11,12,13,14,15). The van der Waals surface area contributed by atoms with E-state index in [2.05, 4.69) is 25.7 Å². The number of rotatable bonds is 7. The molecule has 1 atom stereocenters. The Balaban J connectivity index is 2.79. The lowest BCUT2D eigenvalue weighted by molar-refractivity contribution is 0.281. The number of aromatic nitrogens is 3. The van der Waals surface area contributed by atoms with Gasteiger partial charge in [0.15, 0.2) is 0 Å². The number of hydrogen-bond acceptors (Lipinski definition) is 8. The zero-order valence-electron chi connectivity index (χ0n) is 9.97. The fourth-order valence-electron chi connectivity index (χ4n) is 1.17. The number of hydrogen-bond donors (Lipinski definition) is 4. The van der Waals surface area contributed by atoms with Gasteiger partial charge in [-0.15, -0.1) is 0 Å². The monoisotopic (exact) mass is 242 g/mol. The summed E-state index contributed by atoms with van der Waals surface area (Å²) < 4.78 is 5.18. The second-order valence-corrected chi connectivity index (χ2v) is 3.40. The first-order valence-electron chi connectivity index (χ1n) is 5.42. The van der Waals surface area contributed by atoms with E-state index in [1.807, 2.05) is 13.8 Å². The maximum atomic E-state index is 8.80. The molecule has 0 bridgehead atoms. The van der Waals surface area contributed by atoms with Crippen LogP contribution in [0.1, 0.15) is 20.3 Å². The van der Waals surface area contributed by atoms with Crippen molar-refractivity contribution in [2.24, 2.45) is 5.84 Å². The Morgan fingerprint density at radius 1 is 1.35 bits per heavy atom. The number of nitrogen functional groups attached to an aromatic ring is 1. The van der Waals surface area contributed by atoms with Crippen LogP contribution < -0.4 is 21.3 Å². The first-order valence-corrected chi connectivity index (χ1v) is 5.42. The Hall–Kier alpha value is -1.67. The third kappa shape index (κ3) is 4.37. The minimum Gasteiger partial charge on any atom is -0.464 e. The minimum atomic E-state index is 0.0440. The van der Waals surface area contributed by atoms with Gasteiger partial charge in [0.25, 0.3) is 0 Å². The molecule has 0 saturated carbocycles. The predicted molar refractivity (Wildman–Crippen MR) is 63.6 cm³/mol. The summed E-state index contributed by atoms with van der Waals surface area (Å²) in [7, 11) is 0. The number of ether oxygens (including phenoxy) is 1. The van der Waals surface area contributed by atoms with Gasteiger partial charge < -0.3 is 15.2 Å². The van der Waals surface area contributed by atoms with E-state index in [4.69, 9.17) is 15.7 Å². The largest absolute Gasteiger partial charge is 0.464 e. The van der Waals surface area contributed by atoms with Gasteiger partial charge in [-0.25, -0.2) is 5.84 Å². The molecule has 0 aliphatic carbocycles. The van der Waals surface area contributed by atoms with Gasteiger partial charge in [0, 0.05) is 12.6 Å². The van der Waals surface area contributed by atoms with E-state index in [1.165, 1.54) is 0 Å². The Kier molecular flexibility index (Phi) is 5.37. The van der Waals surface area contributed by atoms with Gasteiger partial charge in [-0.2, -0.15) is 15.0 Å². The van der Waals surface area contributed by atoms with Crippen molar-refractivity contribution in [1.82, 2.24) is 15.0 Å². The molecule has 1 heterocycles. The third-order valence-electron chi connectivity index (χ3n) is 1.96. The number of aliphatic hydroxyl groups excluding tert-OH is 1. The Labute approximate surface area is 99.6 Å². The van der Waals surface area contributed by atoms with Crippen LogP contribution >= 0.6 is 0 Å². The number of nitrogens with two attached hydrogens (primary N) is 1. The van der Waals surface area contributed by atoms with Crippen molar-refractivity contribution in [3.63, 3.8) is 0 Å². The molecule has 0 spiro atoms. The Bertz CT molecular complexity index is 348. The lowest BCUT2D eigenvalue weighted by Gasteiger charge is -2.13. The molecule has 96 valence electrons. The van der Waals surface area contributed by atoms with Gasteiger partial charge >= 0.3 is 6.01 Å². The molecular weight excluding hydrogens is 224 g/mol. The highest BCUT2D eigenvalue weighted by Crippen LogP contribution is 2.11. The van der Waals surface area contributed by atoms with Crippen molar-refractivity contribution < 1.29 is 9.84 Å². The highest BCUT2D eigenvalue weighted by Gasteiger charge is 2.08. The minimum absolute atomic E-state index is 0.0440. The molecule has 0 aromatic carbocycles. The number of anilines is 2. The molecule has 1 unspecified atom stereocenters. The van der Waals surface area contributed by atoms with Crippen LogP contribution in [0, 0.1) is 0 Å². The van der Waals surface area contributed by atoms with Crippen molar-refractivity contribution in [3.05, 3.63) is 0 Å². The van der Waals surface area contributed by atoms with Gasteiger partial charge in [-0.1, -0.05) is 0 Å². The van der Waals surface area contributed by atoms with E-state index in [9.17, 15) is 0 Å². The quantitative estimate of drug-likeness (QED) is 0.381. The van der Waals surface area contributed by atoms with Crippen LogP contribution in [0.5, 0.6) is 6.01 Å². The predicted octanol–water partition coefficient (Wildman–Crippen LogP) is -0.261. The second-order valence-electron chi connectivity index (χ2n) is 3.40. The molecule has 1 aromatic rings. The first kappa shape index (κ1) is 13.4. The summed E-state index contributed by atoms with van der Waals surface area (Å²) in [6.07, 6.45) is 0.598. The van der Waals surface area contributed by atoms with Crippen LogP contribution in [0.3, 0.4) is 0 Å². The molecule has 0 aliphatic heterocycles. The van der Waals surface area contributed by atoms with Crippen LogP contribution in [0.25, 0.3) is 0 Å². The van der Waals surface area contributed by atoms with E-state index in [1.54, 1.807) is 0 Å². The molecule has 17 heavy (non-hydrogen) atoms. The highest BCUT2D eigenvalue weighted by molar-refractivity contribution is 5.35. The summed E-state index contributed by atoms with van der Waals surface area (Å²) in [5, 5.41) is 11.8. The smallest absolute Gasteiger partial charge is 0.323 e. The summed E-state index contributed by atoms with van der Waals surface area (Å²) in [5.74, 6) is 5.83. The first-order chi connectivity index (χ1) is 8.19. The molecular formula is C9H18N6O2. The van der Waals surface area contributed by atoms with Crippen LogP contribution in [0.15, 0.2) is 0 Å². The van der Waals surface area contributed by atoms with Crippen LogP contribution in [-0.4, -0.2) is 39.3 Å². The summed E-state index contributed by atoms with van der Waals surface area (Å²) in [4.78, 5) is 12.0. The van der Waals surface area contributed by atoms with E-state index >= 15 is 0 Å². The molecule has 0 amide bonds. The number of nitrogens with one attached hydrogen (secondary N) is 2. The van der Waals surface area contributed by atoms with Gasteiger partial charge in [-0.05, 0) is 20.3 Å². The summed E-state index contributed by atoms with van der Waals surface area (Å²) in [5.41, 5.74) is 2.34. The van der Waals surface area contributed by atoms with Crippen molar-refractivity contribution >= 4 is 11.9 Å². The van der Waals surface area contributed by atoms with Crippen LogP contribution in [0.4, 0.5) is 11.9 Å². The van der Waals surface area contributed by atoms with E-state index in [0.717, 1.165) is 0 Å². The van der Waals surface area contributed by atoms with E-state index in [-0.39, 0.29) is 24.6 Å². The molecule has 1 rings (SSSR count). The van der Waals surface area contributed by atoms with Crippen LogP contribution in [0.2, 0.25) is 0 Å². The lowest BCUT2D eigenvalue weighted by atomic mass is 10.2. The fraction of sp³-hybridized carbons (Fsp3) is 0.667. The van der Waals surface area contributed by atoms with Crippen molar-refractivity contribution in [1.29, 1.82) is 0 Å². The number of aliphatic hydroxyl groups is 1. The molecule has 0 radical (unpaired) electrons.